The first-order valence-corrected chi connectivity index (χ1v) is 9.40. The first-order chi connectivity index (χ1) is 14.9. The highest BCUT2D eigenvalue weighted by Gasteiger charge is 2.19. The summed E-state index contributed by atoms with van der Waals surface area (Å²) in [5, 5.41) is 20.5. The van der Waals surface area contributed by atoms with Crippen LogP contribution in [0.1, 0.15) is 6.92 Å². The summed E-state index contributed by atoms with van der Waals surface area (Å²) in [6.07, 6.45) is -0.656. The van der Waals surface area contributed by atoms with Crippen LogP contribution in [0, 0.1) is 11.6 Å². The fraction of sp³-hybridized carbons (Fsp3) is 0.190. The summed E-state index contributed by atoms with van der Waals surface area (Å²) < 4.78 is 37.9. The molecule has 4 rings (SSSR count). The Morgan fingerprint density at radius 1 is 1.16 bits per heavy atom. The zero-order valence-corrected chi connectivity index (χ0v) is 16.7. The summed E-state index contributed by atoms with van der Waals surface area (Å²) in [4.78, 5) is 8.59. The third kappa shape index (κ3) is 4.38. The van der Waals surface area contributed by atoms with Crippen molar-refractivity contribution in [3.8, 4) is 28.8 Å². The van der Waals surface area contributed by atoms with Crippen molar-refractivity contribution in [1.29, 1.82) is 0 Å². The normalized spacial score (nSPS) is 12.0. The van der Waals surface area contributed by atoms with Gasteiger partial charge in [0, 0.05) is 18.2 Å². The molecule has 0 bridgehead atoms. The van der Waals surface area contributed by atoms with Gasteiger partial charge in [-0.25, -0.2) is 8.78 Å². The molecule has 0 radical (unpaired) electrons. The number of H-pyrrole nitrogens is 1. The highest BCUT2D eigenvalue weighted by atomic mass is 19.1. The van der Waals surface area contributed by atoms with Crippen molar-refractivity contribution in [2.45, 2.75) is 13.0 Å². The smallest absolute Gasteiger partial charge is 0.326 e. The Kier molecular flexibility index (Phi) is 5.63. The Morgan fingerprint density at radius 3 is 2.74 bits per heavy atom. The van der Waals surface area contributed by atoms with Crippen LogP contribution in [0.2, 0.25) is 0 Å². The minimum absolute atomic E-state index is 0.174. The number of aliphatic hydroxyl groups excluding tert-OH is 1. The summed E-state index contributed by atoms with van der Waals surface area (Å²) in [7, 11) is 1.57. The number of anilines is 1. The van der Waals surface area contributed by atoms with E-state index in [-0.39, 0.29) is 18.3 Å². The van der Waals surface area contributed by atoms with Crippen LogP contribution in [0.5, 0.6) is 17.5 Å². The highest BCUT2D eigenvalue weighted by molar-refractivity contribution is 5.99. The third-order valence-corrected chi connectivity index (χ3v) is 4.40. The lowest BCUT2D eigenvalue weighted by atomic mass is 10.1. The summed E-state index contributed by atoms with van der Waals surface area (Å²) in [6.45, 7) is 1.81. The second-order valence-corrected chi connectivity index (χ2v) is 6.79. The molecule has 0 spiro atoms. The van der Waals surface area contributed by atoms with Gasteiger partial charge in [0.15, 0.2) is 17.2 Å². The van der Waals surface area contributed by atoms with E-state index >= 15 is 0 Å². The van der Waals surface area contributed by atoms with Crippen LogP contribution >= 0.6 is 0 Å². The topological polar surface area (TPSA) is 105 Å². The van der Waals surface area contributed by atoms with Crippen LogP contribution in [0.4, 0.5) is 14.6 Å². The molecule has 1 unspecified atom stereocenters. The molecule has 2 heterocycles. The monoisotopic (exact) mass is 427 g/mol. The van der Waals surface area contributed by atoms with E-state index in [2.05, 4.69) is 25.5 Å². The average Bonchev–Trinajstić information content (AvgIpc) is 3.18. The van der Waals surface area contributed by atoms with Gasteiger partial charge in [-0.05, 0) is 31.2 Å². The molecule has 0 aliphatic rings. The molecule has 8 nitrogen and oxygen atoms in total. The van der Waals surface area contributed by atoms with Gasteiger partial charge in [-0.2, -0.15) is 15.1 Å². The largest absolute Gasteiger partial charge is 0.497 e. The van der Waals surface area contributed by atoms with Crippen molar-refractivity contribution in [3.63, 3.8) is 0 Å². The van der Waals surface area contributed by atoms with Crippen molar-refractivity contribution in [2.24, 2.45) is 0 Å². The number of aliphatic hydroxyl groups is 1. The van der Waals surface area contributed by atoms with Crippen LogP contribution in [0.25, 0.3) is 22.3 Å². The number of aromatic amines is 1. The minimum atomic E-state index is -0.885. The molecule has 2 aromatic heterocycles. The van der Waals surface area contributed by atoms with Crippen molar-refractivity contribution in [2.75, 3.05) is 19.0 Å². The molecule has 160 valence electrons. The third-order valence-electron chi connectivity index (χ3n) is 4.40. The SMILES string of the molecule is COc1cccc(-c2n[nH]c3nc(Oc4ccc(F)cc4F)nc(NCC(C)O)c23)c1. The number of nitrogens with zero attached hydrogens (tertiary/aromatic N) is 3. The standard InChI is InChI=1S/C21H19F2N5O3/c1-11(29)10-24-19-17-18(12-4-3-5-14(8-12)30-2)27-28-20(17)26-21(25-19)31-16-7-6-13(22)9-15(16)23/h3-9,11,29H,10H2,1-2H3,(H2,24,25,26,27,28). The fourth-order valence-electron chi connectivity index (χ4n) is 2.96. The van der Waals surface area contributed by atoms with Gasteiger partial charge in [-0.3, -0.25) is 5.10 Å². The molecule has 0 amide bonds. The van der Waals surface area contributed by atoms with Crippen molar-refractivity contribution in [1.82, 2.24) is 20.2 Å². The van der Waals surface area contributed by atoms with Crippen LogP contribution in [0.15, 0.2) is 42.5 Å². The Morgan fingerprint density at radius 2 is 2.00 bits per heavy atom. The van der Waals surface area contributed by atoms with Crippen LogP contribution in [-0.4, -0.2) is 45.0 Å². The van der Waals surface area contributed by atoms with Gasteiger partial charge in [0.25, 0.3) is 0 Å². The molecule has 10 heteroatoms. The predicted molar refractivity (Wildman–Crippen MR) is 110 cm³/mol. The lowest BCUT2D eigenvalue weighted by Gasteiger charge is -2.12. The molecular weight excluding hydrogens is 408 g/mol. The molecule has 4 aromatic rings. The quantitative estimate of drug-likeness (QED) is 0.411. The van der Waals surface area contributed by atoms with Crippen molar-refractivity contribution in [3.05, 3.63) is 54.1 Å². The zero-order chi connectivity index (χ0) is 22.0. The predicted octanol–water partition coefficient (Wildman–Crippen LogP) is 3.89. The first kappa shape index (κ1) is 20.5. The number of ether oxygens (including phenoxy) is 2. The molecule has 3 N–H and O–H groups in total. The van der Waals surface area contributed by atoms with E-state index in [4.69, 9.17) is 9.47 Å². The second kappa shape index (κ2) is 8.52. The van der Waals surface area contributed by atoms with E-state index in [1.807, 2.05) is 24.3 Å². The van der Waals surface area contributed by atoms with E-state index in [0.29, 0.717) is 34.4 Å². The number of rotatable bonds is 7. The molecule has 0 saturated heterocycles. The van der Waals surface area contributed by atoms with Gasteiger partial charge in [-0.15, -0.1) is 0 Å². The number of nitrogens with one attached hydrogen (secondary N) is 2. The summed E-state index contributed by atoms with van der Waals surface area (Å²) >= 11 is 0. The molecule has 0 aliphatic heterocycles. The number of hydrogen-bond acceptors (Lipinski definition) is 7. The number of fused-ring (bicyclic) bond motifs is 1. The van der Waals surface area contributed by atoms with E-state index in [1.54, 1.807) is 14.0 Å². The molecule has 0 saturated carbocycles. The van der Waals surface area contributed by atoms with Crippen molar-refractivity contribution < 1.29 is 23.4 Å². The van der Waals surface area contributed by atoms with Crippen LogP contribution < -0.4 is 14.8 Å². The second-order valence-electron chi connectivity index (χ2n) is 6.79. The maximum atomic E-state index is 14.0. The minimum Gasteiger partial charge on any atom is -0.497 e. The summed E-state index contributed by atoms with van der Waals surface area (Å²) in [5.74, 6) is -0.856. The Hall–Kier alpha value is -3.79. The fourth-order valence-corrected chi connectivity index (χ4v) is 2.96. The van der Waals surface area contributed by atoms with E-state index in [1.165, 1.54) is 0 Å². The Balaban J connectivity index is 1.80. The Bertz CT molecular complexity index is 1230. The van der Waals surface area contributed by atoms with E-state index in [9.17, 15) is 13.9 Å². The summed E-state index contributed by atoms with van der Waals surface area (Å²) in [5.41, 5.74) is 1.65. The maximum absolute atomic E-state index is 14.0. The van der Waals surface area contributed by atoms with Gasteiger partial charge >= 0.3 is 6.01 Å². The lowest BCUT2D eigenvalue weighted by Crippen LogP contribution is -2.16. The number of hydrogen-bond donors (Lipinski definition) is 3. The number of methoxy groups -OCH3 is 1. The molecule has 0 fully saturated rings. The molecule has 31 heavy (non-hydrogen) atoms. The van der Waals surface area contributed by atoms with Gasteiger partial charge in [0.05, 0.1) is 18.6 Å². The van der Waals surface area contributed by atoms with Crippen LogP contribution in [-0.2, 0) is 0 Å². The highest BCUT2D eigenvalue weighted by Crippen LogP contribution is 2.34. The van der Waals surface area contributed by atoms with E-state index < -0.39 is 17.7 Å². The van der Waals surface area contributed by atoms with Gasteiger partial charge in [0.2, 0.25) is 0 Å². The Labute approximate surface area is 175 Å². The van der Waals surface area contributed by atoms with Crippen LogP contribution in [0.3, 0.4) is 0 Å². The molecule has 2 aromatic carbocycles. The summed E-state index contributed by atoms with van der Waals surface area (Å²) in [6, 6.07) is 10.1. The molecular formula is C21H19F2N5O3. The number of aromatic nitrogens is 4. The van der Waals surface area contributed by atoms with E-state index in [0.717, 1.165) is 17.7 Å². The lowest BCUT2D eigenvalue weighted by molar-refractivity contribution is 0.208. The maximum Gasteiger partial charge on any atom is 0.326 e. The molecule has 0 aliphatic carbocycles. The molecule has 1 atom stereocenters. The number of halogens is 2. The average molecular weight is 427 g/mol. The van der Waals surface area contributed by atoms with Gasteiger partial charge in [-0.1, -0.05) is 12.1 Å². The van der Waals surface area contributed by atoms with Gasteiger partial charge < -0.3 is 19.9 Å². The first-order valence-electron chi connectivity index (χ1n) is 9.40. The number of benzene rings is 2. The van der Waals surface area contributed by atoms with Gasteiger partial charge in [0.1, 0.15) is 23.1 Å². The zero-order valence-electron chi connectivity index (χ0n) is 16.7. The van der Waals surface area contributed by atoms with Crippen molar-refractivity contribution >= 4 is 16.9 Å².